The minimum atomic E-state index is -1.20. The van der Waals surface area contributed by atoms with Crippen molar-refractivity contribution in [2.75, 3.05) is 14.2 Å². The number of carbonyl (C=O) groups excluding carboxylic acids is 2. The van der Waals surface area contributed by atoms with Crippen molar-refractivity contribution < 1.29 is 55.2 Å². The summed E-state index contributed by atoms with van der Waals surface area (Å²) >= 11 is 0. The summed E-state index contributed by atoms with van der Waals surface area (Å²) in [6.07, 6.45) is 0.388. The molecular weight excluding hydrogens is 595 g/mol. The van der Waals surface area contributed by atoms with Crippen LogP contribution in [0.4, 0.5) is 0 Å². The molecule has 2 atom stereocenters. The molecule has 0 spiro atoms. The minimum absolute atomic E-state index is 0. The Morgan fingerprint density at radius 3 is 1.35 bits per heavy atom. The van der Waals surface area contributed by atoms with Gasteiger partial charge in [0, 0.05) is 49.3 Å². The molecule has 0 saturated heterocycles. The summed E-state index contributed by atoms with van der Waals surface area (Å²) in [6.45, 7) is 3.62. The number of aromatic carboxylic acids is 2. The van der Waals surface area contributed by atoms with Crippen molar-refractivity contribution in [2.45, 2.75) is 38.9 Å². The number of carboxylic acids is 2. The van der Waals surface area contributed by atoms with E-state index in [-0.39, 0.29) is 39.8 Å². The Labute approximate surface area is 260 Å². The minimum Gasteiger partial charge on any atom is -0.545 e. The predicted molar refractivity (Wildman–Crippen MR) is 151 cm³/mol. The van der Waals surface area contributed by atoms with Gasteiger partial charge in [0.05, 0.1) is 24.1 Å². The summed E-state index contributed by atoms with van der Waals surface area (Å²) in [5.74, 6) is 0.269. The van der Waals surface area contributed by atoms with E-state index in [9.17, 15) is 19.8 Å². The SMILES string of the molecule is COC(C)c1ccc2c(c1C(=O)[O-])Cc1ccccc1O2.COC(C)c1ccc2c(c1C(=O)[O-])Cc1ccccc1O2.[Ni+2]. The largest absolute Gasteiger partial charge is 2.00 e. The first-order valence-corrected chi connectivity index (χ1v) is 13.5. The molecule has 0 fully saturated rings. The van der Waals surface area contributed by atoms with Gasteiger partial charge in [-0.25, -0.2) is 0 Å². The Balaban J connectivity index is 0.000000192. The van der Waals surface area contributed by atoms with Crippen LogP contribution in [0, 0.1) is 0 Å². The van der Waals surface area contributed by atoms with Crippen LogP contribution < -0.4 is 19.7 Å². The number of benzene rings is 4. The molecule has 2 unspecified atom stereocenters. The fraction of sp³-hybridized carbons (Fsp3) is 0.235. The van der Waals surface area contributed by atoms with E-state index in [2.05, 4.69) is 0 Å². The van der Waals surface area contributed by atoms with Gasteiger partial charge < -0.3 is 38.7 Å². The first-order valence-electron chi connectivity index (χ1n) is 13.5. The van der Waals surface area contributed by atoms with E-state index in [0.29, 0.717) is 46.6 Å². The van der Waals surface area contributed by atoms with E-state index in [1.807, 2.05) is 62.4 Å². The summed E-state index contributed by atoms with van der Waals surface area (Å²) in [6, 6.07) is 22.3. The molecule has 0 N–H and O–H groups in total. The number of methoxy groups -OCH3 is 2. The Morgan fingerprint density at radius 1 is 0.628 bits per heavy atom. The van der Waals surface area contributed by atoms with Crippen LogP contribution in [-0.4, -0.2) is 26.2 Å². The molecule has 0 aromatic heterocycles. The van der Waals surface area contributed by atoms with Crippen LogP contribution in [0.25, 0.3) is 0 Å². The molecule has 43 heavy (non-hydrogen) atoms. The topological polar surface area (TPSA) is 117 Å². The van der Waals surface area contributed by atoms with Crippen molar-refractivity contribution in [3.8, 4) is 23.0 Å². The Bertz CT molecular complexity index is 1540. The fourth-order valence-electron chi connectivity index (χ4n) is 5.37. The van der Waals surface area contributed by atoms with Crippen LogP contribution in [0.5, 0.6) is 23.0 Å². The van der Waals surface area contributed by atoms with E-state index in [1.54, 1.807) is 38.5 Å². The molecule has 6 rings (SSSR count). The zero-order chi connectivity index (χ0) is 30.0. The van der Waals surface area contributed by atoms with Crippen LogP contribution in [0.2, 0.25) is 0 Å². The van der Waals surface area contributed by atoms with Gasteiger partial charge in [0.25, 0.3) is 0 Å². The summed E-state index contributed by atoms with van der Waals surface area (Å²) in [5, 5.41) is 23.2. The standard InChI is InChI=1S/2C17H16O4.Ni/c2*1-10(20-2)12-7-8-15-13(16(12)17(18)19)9-11-5-3-4-6-14(11)21-15;/h2*3-8,10H,9H2,1-2H3,(H,18,19);/q;;+2/p-2. The molecule has 9 heteroatoms. The smallest absolute Gasteiger partial charge is 0.545 e. The number of fused-ring (bicyclic) bond motifs is 4. The van der Waals surface area contributed by atoms with Crippen LogP contribution >= 0.6 is 0 Å². The molecule has 0 saturated carbocycles. The molecule has 0 radical (unpaired) electrons. The van der Waals surface area contributed by atoms with Gasteiger partial charge in [-0.1, -0.05) is 48.5 Å². The molecule has 224 valence electrons. The van der Waals surface area contributed by atoms with E-state index in [1.165, 1.54) is 0 Å². The fourth-order valence-corrected chi connectivity index (χ4v) is 5.37. The van der Waals surface area contributed by atoms with Crippen molar-refractivity contribution in [1.82, 2.24) is 0 Å². The molecule has 4 aromatic carbocycles. The van der Waals surface area contributed by atoms with Crippen molar-refractivity contribution >= 4 is 11.9 Å². The second-order valence-corrected chi connectivity index (χ2v) is 10.1. The second kappa shape index (κ2) is 13.4. The van der Waals surface area contributed by atoms with Gasteiger partial charge in [-0.2, -0.15) is 0 Å². The van der Waals surface area contributed by atoms with Gasteiger partial charge in [-0.05, 0) is 60.4 Å². The predicted octanol–water partition coefficient (Wildman–Crippen LogP) is 4.91. The van der Waals surface area contributed by atoms with Crippen molar-refractivity contribution in [1.29, 1.82) is 0 Å². The zero-order valence-corrected chi connectivity index (χ0v) is 25.1. The second-order valence-electron chi connectivity index (χ2n) is 10.1. The molecule has 8 nitrogen and oxygen atoms in total. The number of hydrogen-bond acceptors (Lipinski definition) is 8. The molecule has 0 bridgehead atoms. The van der Waals surface area contributed by atoms with Gasteiger partial charge in [0.2, 0.25) is 0 Å². The zero-order valence-electron chi connectivity index (χ0n) is 24.1. The van der Waals surface area contributed by atoms with Crippen LogP contribution in [0.3, 0.4) is 0 Å². The summed E-state index contributed by atoms with van der Waals surface area (Å²) in [5.41, 5.74) is 4.81. The maximum Gasteiger partial charge on any atom is 2.00 e. The maximum absolute atomic E-state index is 11.6. The summed E-state index contributed by atoms with van der Waals surface area (Å²) in [7, 11) is 3.10. The van der Waals surface area contributed by atoms with Gasteiger partial charge in [0.15, 0.2) is 0 Å². The third kappa shape index (κ3) is 6.30. The number of carbonyl (C=O) groups is 2. The average molecular weight is 625 g/mol. The molecular formula is C34H30NiO8. The molecule has 4 aromatic rings. The number of hydrogen-bond donors (Lipinski definition) is 0. The Kier molecular flexibility index (Phi) is 9.92. The summed E-state index contributed by atoms with van der Waals surface area (Å²) < 4.78 is 22.1. The molecule has 0 amide bonds. The normalized spacial score (nSPS) is 13.5. The first kappa shape index (κ1) is 31.8. The number of para-hydroxylation sites is 2. The van der Waals surface area contributed by atoms with E-state index >= 15 is 0 Å². The molecule has 2 aliphatic rings. The van der Waals surface area contributed by atoms with Gasteiger partial charge >= 0.3 is 16.5 Å². The Hall–Kier alpha value is -4.17. The number of rotatable bonds is 6. The molecule has 2 heterocycles. The van der Waals surface area contributed by atoms with Crippen molar-refractivity contribution in [2.24, 2.45) is 0 Å². The molecule has 2 aliphatic heterocycles. The van der Waals surface area contributed by atoms with Crippen molar-refractivity contribution in [3.05, 3.63) is 117 Å². The van der Waals surface area contributed by atoms with E-state index in [0.717, 1.165) is 22.6 Å². The average Bonchev–Trinajstić information content (AvgIpc) is 3.00. The van der Waals surface area contributed by atoms with Gasteiger partial charge in [-0.15, -0.1) is 0 Å². The van der Waals surface area contributed by atoms with E-state index in [4.69, 9.17) is 18.9 Å². The molecule has 0 aliphatic carbocycles. The van der Waals surface area contributed by atoms with Crippen molar-refractivity contribution in [3.63, 3.8) is 0 Å². The third-order valence-corrected chi connectivity index (χ3v) is 7.72. The van der Waals surface area contributed by atoms with E-state index < -0.39 is 11.9 Å². The number of ether oxygens (including phenoxy) is 4. The summed E-state index contributed by atoms with van der Waals surface area (Å²) in [4.78, 5) is 23.2. The monoisotopic (exact) mass is 624 g/mol. The van der Waals surface area contributed by atoms with Crippen LogP contribution in [-0.2, 0) is 38.8 Å². The third-order valence-electron chi connectivity index (χ3n) is 7.72. The van der Waals surface area contributed by atoms with Gasteiger partial charge in [0.1, 0.15) is 23.0 Å². The Morgan fingerprint density at radius 2 is 1.00 bits per heavy atom. The van der Waals surface area contributed by atoms with Gasteiger partial charge in [-0.3, -0.25) is 0 Å². The van der Waals surface area contributed by atoms with Crippen LogP contribution in [0.1, 0.15) is 80.2 Å². The number of carboxylic acid groups (broad SMARTS) is 2. The quantitative estimate of drug-likeness (QED) is 0.240. The first-order chi connectivity index (χ1) is 20.2. The maximum atomic E-state index is 11.6. The van der Waals surface area contributed by atoms with Crippen LogP contribution in [0.15, 0.2) is 72.8 Å².